The Morgan fingerprint density at radius 1 is 1.09 bits per heavy atom. The molecule has 2 aliphatic heterocycles. The molecule has 2 aromatic rings. The summed E-state index contributed by atoms with van der Waals surface area (Å²) < 4.78 is 23.4. The maximum atomic E-state index is 11.2. The summed E-state index contributed by atoms with van der Waals surface area (Å²) in [5.74, 6) is 4.22. The highest BCUT2D eigenvalue weighted by molar-refractivity contribution is 7.99. The number of rotatable bonds is 10. The monoisotopic (exact) mass is 488 g/mol. The van der Waals surface area contributed by atoms with Gasteiger partial charge >= 0.3 is 0 Å². The van der Waals surface area contributed by atoms with Gasteiger partial charge in [0.05, 0.1) is 33.6 Å². The molecule has 0 amide bonds. The number of hydrogen-bond donors (Lipinski definition) is 1. The minimum atomic E-state index is -0.734. The minimum absolute atomic E-state index is 0.264. The van der Waals surface area contributed by atoms with E-state index in [1.54, 1.807) is 21.3 Å². The van der Waals surface area contributed by atoms with Crippen molar-refractivity contribution in [2.45, 2.75) is 51.4 Å². The number of aromatic nitrogens is 1. The van der Waals surface area contributed by atoms with E-state index < -0.39 is 5.60 Å². The lowest BCUT2D eigenvalue weighted by atomic mass is 9.81. The molecule has 0 aliphatic carbocycles. The van der Waals surface area contributed by atoms with E-state index in [4.69, 9.17) is 23.9 Å². The summed E-state index contributed by atoms with van der Waals surface area (Å²) in [6.45, 7) is 5.23. The Hall–Kier alpha value is -2.16. The van der Waals surface area contributed by atoms with Crippen LogP contribution in [0.5, 0.6) is 23.0 Å². The predicted molar refractivity (Wildman–Crippen MR) is 134 cm³/mol. The van der Waals surface area contributed by atoms with E-state index >= 15 is 0 Å². The third-order valence-corrected chi connectivity index (χ3v) is 7.81. The molecule has 0 spiro atoms. The van der Waals surface area contributed by atoms with E-state index in [2.05, 4.69) is 11.8 Å². The number of hydrogen-bond acceptors (Lipinski definition) is 8. The summed E-state index contributed by atoms with van der Waals surface area (Å²) in [6, 6.07) is 3.91. The van der Waals surface area contributed by atoms with Crippen LogP contribution in [-0.2, 0) is 23.5 Å². The molecule has 1 saturated heterocycles. The van der Waals surface area contributed by atoms with Crippen LogP contribution >= 0.6 is 11.8 Å². The lowest BCUT2D eigenvalue weighted by Crippen LogP contribution is -2.32. The fourth-order valence-corrected chi connectivity index (χ4v) is 5.94. The van der Waals surface area contributed by atoms with Gasteiger partial charge in [0.25, 0.3) is 0 Å². The molecule has 8 heteroatoms. The SMILES string of the molecule is CCCCCC1(c2cc(OC)c(OC)c(OC)c2)OCc2c1cnc(CN1CCSCC1)c2O. The molecular formula is C26H36N2O5S. The summed E-state index contributed by atoms with van der Waals surface area (Å²) in [6.07, 6.45) is 5.87. The zero-order valence-corrected chi connectivity index (χ0v) is 21.5. The minimum Gasteiger partial charge on any atom is -0.506 e. The van der Waals surface area contributed by atoms with Crippen LogP contribution in [0.3, 0.4) is 0 Å². The van der Waals surface area contributed by atoms with Crippen molar-refractivity contribution in [2.75, 3.05) is 45.9 Å². The van der Waals surface area contributed by atoms with Crippen molar-refractivity contribution >= 4 is 11.8 Å². The van der Waals surface area contributed by atoms with Crippen molar-refractivity contribution in [3.63, 3.8) is 0 Å². The summed E-state index contributed by atoms with van der Waals surface area (Å²) in [7, 11) is 4.84. The van der Waals surface area contributed by atoms with Crippen LogP contribution in [0, 0.1) is 0 Å². The second kappa shape index (κ2) is 11.1. The first-order chi connectivity index (χ1) is 16.6. The number of pyridine rings is 1. The van der Waals surface area contributed by atoms with Crippen LogP contribution in [0.15, 0.2) is 18.3 Å². The number of ether oxygens (including phenoxy) is 4. The predicted octanol–water partition coefficient (Wildman–Crippen LogP) is 4.72. The quantitative estimate of drug-likeness (QED) is 0.482. The van der Waals surface area contributed by atoms with Crippen molar-refractivity contribution in [2.24, 2.45) is 0 Å². The number of thioether (sulfide) groups is 1. The molecule has 1 aromatic carbocycles. The molecule has 1 aromatic heterocycles. The smallest absolute Gasteiger partial charge is 0.203 e. The Bertz CT molecular complexity index is 970. The van der Waals surface area contributed by atoms with Gasteiger partial charge in [-0.1, -0.05) is 19.8 Å². The first-order valence-electron chi connectivity index (χ1n) is 12.0. The third-order valence-electron chi connectivity index (χ3n) is 6.87. The molecule has 2 aliphatic rings. The summed E-state index contributed by atoms with van der Waals surface area (Å²) >= 11 is 1.97. The zero-order valence-electron chi connectivity index (χ0n) is 20.7. The van der Waals surface area contributed by atoms with Crippen molar-refractivity contribution < 1.29 is 24.1 Å². The molecule has 1 N–H and O–H groups in total. The van der Waals surface area contributed by atoms with Gasteiger partial charge in [-0.15, -0.1) is 0 Å². The molecule has 3 heterocycles. The van der Waals surface area contributed by atoms with Crippen molar-refractivity contribution in [1.82, 2.24) is 9.88 Å². The average molecular weight is 489 g/mol. The van der Waals surface area contributed by atoms with Gasteiger partial charge in [-0.25, -0.2) is 0 Å². The molecule has 0 radical (unpaired) electrons. The van der Waals surface area contributed by atoms with Gasteiger partial charge in [-0.3, -0.25) is 9.88 Å². The van der Waals surface area contributed by atoms with Crippen molar-refractivity contribution in [3.8, 4) is 23.0 Å². The van der Waals surface area contributed by atoms with Gasteiger partial charge in [-0.2, -0.15) is 11.8 Å². The molecule has 1 atom stereocenters. The lowest BCUT2D eigenvalue weighted by Gasteiger charge is -2.31. The van der Waals surface area contributed by atoms with E-state index in [0.717, 1.165) is 72.7 Å². The number of unbranched alkanes of at least 4 members (excludes halogenated alkanes) is 2. The lowest BCUT2D eigenvalue weighted by molar-refractivity contribution is -0.0139. The molecule has 0 saturated carbocycles. The fraction of sp³-hybridized carbons (Fsp3) is 0.577. The molecular weight excluding hydrogens is 452 g/mol. The number of benzene rings is 1. The van der Waals surface area contributed by atoms with Gasteiger partial charge < -0.3 is 24.1 Å². The Balaban J connectivity index is 1.77. The van der Waals surface area contributed by atoms with Crippen molar-refractivity contribution in [3.05, 3.63) is 40.7 Å². The highest BCUT2D eigenvalue weighted by Gasteiger charge is 2.44. The van der Waals surface area contributed by atoms with Crippen molar-refractivity contribution in [1.29, 1.82) is 0 Å². The van der Waals surface area contributed by atoms with Gasteiger partial charge in [0.1, 0.15) is 11.4 Å². The summed E-state index contributed by atoms with van der Waals surface area (Å²) in [4.78, 5) is 7.10. The van der Waals surface area contributed by atoms with E-state index in [1.807, 2.05) is 30.1 Å². The van der Waals surface area contributed by atoms with E-state index in [0.29, 0.717) is 30.4 Å². The third kappa shape index (κ3) is 4.68. The largest absolute Gasteiger partial charge is 0.506 e. The normalized spacial score (nSPS) is 20.2. The molecule has 0 bridgehead atoms. The van der Waals surface area contributed by atoms with E-state index in [9.17, 15) is 5.11 Å². The second-order valence-corrected chi connectivity index (χ2v) is 10.0. The first-order valence-corrected chi connectivity index (χ1v) is 13.2. The number of methoxy groups -OCH3 is 3. The maximum Gasteiger partial charge on any atom is 0.203 e. The average Bonchev–Trinajstić information content (AvgIpc) is 3.25. The molecule has 1 unspecified atom stereocenters. The molecule has 7 nitrogen and oxygen atoms in total. The van der Waals surface area contributed by atoms with Crippen LogP contribution in [0.2, 0.25) is 0 Å². The first kappa shape index (κ1) is 24.9. The molecule has 186 valence electrons. The Morgan fingerprint density at radius 3 is 2.41 bits per heavy atom. The van der Waals surface area contributed by atoms with Crippen LogP contribution in [0.25, 0.3) is 0 Å². The van der Waals surface area contributed by atoms with E-state index in [-0.39, 0.29) is 5.75 Å². The van der Waals surface area contributed by atoms with Crippen LogP contribution in [-0.4, -0.2) is 60.9 Å². The standard InChI is InChI=1S/C26H36N2O5S/c1-5-6-7-8-26(18-13-22(30-2)25(32-4)23(14-18)31-3)20-15-27-21(24(29)19(20)17-33-26)16-28-9-11-34-12-10-28/h13-15,29H,5-12,16-17H2,1-4H3. The van der Waals surface area contributed by atoms with Crippen LogP contribution < -0.4 is 14.2 Å². The Labute approximate surface area is 206 Å². The van der Waals surface area contributed by atoms with Crippen LogP contribution in [0.4, 0.5) is 0 Å². The zero-order chi connectivity index (χ0) is 24.1. The second-order valence-electron chi connectivity index (χ2n) is 8.82. The molecule has 1 fully saturated rings. The van der Waals surface area contributed by atoms with Crippen LogP contribution in [0.1, 0.15) is 55.0 Å². The Morgan fingerprint density at radius 2 is 1.79 bits per heavy atom. The maximum absolute atomic E-state index is 11.2. The Kier molecular flexibility index (Phi) is 8.11. The molecule has 4 rings (SSSR count). The van der Waals surface area contributed by atoms with Gasteiger partial charge in [-0.05, 0) is 30.5 Å². The van der Waals surface area contributed by atoms with E-state index in [1.165, 1.54) is 0 Å². The fourth-order valence-electron chi connectivity index (χ4n) is 4.97. The highest BCUT2D eigenvalue weighted by Crippen LogP contribution is 2.51. The molecule has 34 heavy (non-hydrogen) atoms. The number of fused-ring (bicyclic) bond motifs is 1. The number of nitrogens with zero attached hydrogens (tertiary/aromatic N) is 2. The highest BCUT2D eigenvalue weighted by atomic mass is 32.2. The number of aromatic hydroxyl groups is 1. The van der Waals surface area contributed by atoms with Gasteiger partial charge in [0.2, 0.25) is 5.75 Å². The summed E-state index contributed by atoms with van der Waals surface area (Å²) in [5.41, 5.74) is 2.67. The van der Waals surface area contributed by atoms with Gasteiger partial charge in [0.15, 0.2) is 11.5 Å². The topological polar surface area (TPSA) is 73.3 Å². The summed E-state index contributed by atoms with van der Waals surface area (Å²) in [5, 5.41) is 11.2. The van der Waals surface area contributed by atoms with Gasteiger partial charge in [0, 0.05) is 48.5 Å².